The van der Waals surface area contributed by atoms with Crippen molar-refractivity contribution in [1.29, 1.82) is 0 Å². The molecule has 6 heteroatoms. The summed E-state index contributed by atoms with van der Waals surface area (Å²) >= 11 is 0. The lowest BCUT2D eigenvalue weighted by Crippen LogP contribution is -2.24. The summed E-state index contributed by atoms with van der Waals surface area (Å²) in [5, 5.41) is 7.81. The lowest BCUT2D eigenvalue weighted by Gasteiger charge is -2.18. The van der Waals surface area contributed by atoms with Crippen molar-refractivity contribution < 1.29 is 9.53 Å². The lowest BCUT2D eigenvalue weighted by molar-refractivity contribution is 0.0904. The highest BCUT2D eigenvalue weighted by atomic mass is 16.5. The average molecular weight is 328 g/mol. The third-order valence-electron chi connectivity index (χ3n) is 4.47. The van der Waals surface area contributed by atoms with Gasteiger partial charge in [-0.3, -0.25) is 9.48 Å². The standard InChI is InChI=1S/C18H24N4O2/c1-2-22-12-16(11-21-22)17-15(6-7-24-17)10-20-9-13-4-3-5-14(8-13)18(19)23/h3-5,8,11-12,15,17,20H,2,6-7,9-10H2,1H3,(H2,19,23)/t15-,17+/m1/s1. The van der Waals surface area contributed by atoms with Crippen molar-refractivity contribution in [3.8, 4) is 0 Å². The minimum Gasteiger partial charge on any atom is -0.373 e. The number of aromatic nitrogens is 2. The fourth-order valence-corrected chi connectivity index (χ4v) is 3.15. The number of nitrogens with two attached hydrogens (primary N) is 1. The summed E-state index contributed by atoms with van der Waals surface area (Å²) in [7, 11) is 0. The average Bonchev–Trinajstić information content (AvgIpc) is 3.23. The monoisotopic (exact) mass is 328 g/mol. The van der Waals surface area contributed by atoms with Crippen LogP contribution in [0, 0.1) is 5.92 Å². The van der Waals surface area contributed by atoms with Crippen LogP contribution in [0.2, 0.25) is 0 Å². The maximum Gasteiger partial charge on any atom is 0.248 e. The van der Waals surface area contributed by atoms with Gasteiger partial charge in [-0.2, -0.15) is 5.10 Å². The summed E-state index contributed by atoms with van der Waals surface area (Å²) in [4.78, 5) is 11.2. The van der Waals surface area contributed by atoms with Gasteiger partial charge in [-0.15, -0.1) is 0 Å². The van der Waals surface area contributed by atoms with Crippen molar-refractivity contribution in [2.24, 2.45) is 11.7 Å². The number of carbonyl (C=O) groups is 1. The van der Waals surface area contributed by atoms with Gasteiger partial charge >= 0.3 is 0 Å². The molecule has 1 aliphatic rings. The molecule has 128 valence electrons. The van der Waals surface area contributed by atoms with Crippen LogP contribution in [-0.2, 0) is 17.8 Å². The Morgan fingerprint density at radius 3 is 3.12 bits per heavy atom. The molecule has 2 heterocycles. The molecule has 1 fully saturated rings. The third-order valence-corrected chi connectivity index (χ3v) is 4.47. The lowest BCUT2D eigenvalue weighted by atomic mass is 9.97. The number of carbonyl (C=O) groups excluding carboxylic acids is 1. The Labute approximate surface area is 142 Å². The van der Waals surface area contributed by atoms with E-state index in [1.165, 1.54) is 0 Å². The number of hydrogen-bond acceptors (Lipinski definition) is 4. The zero-order chi connectivity index (χ0) is 16.9. The van der Waals surface area contributed by atoms with Crippen LogP contribution in [0.25, 0.3) is 0 Å². The molecule has 0 saturated carbocycles. The normalized spacial score (nSPS) is 20.4. The molecule has 2 aromatic rings. The van der Waals surface area contributed by atoms with Crippen LogP contribution in [0.1, 0.15) is 40.9 Å². The molecule has 1 aliphatic heterocycles. The molecule has 0 unspecified atom stereocenters. The predicted octanol–water partition coefficient (Wildman–Crippen LogP) is 1.87. The molecule has 2 atom stereocenters. The number of nitrogens with one attached hydrogen (secondary N) is 1. The largest absolute Gasteiger partial charge is 0.373 e. The number of rotatable bonds is 7. The van der Waals surface area contributed by atoms with E-state index in [2.05, 4.69) is 23.5 Å². The highest BCUT2D eigenvalue weighted by Gasteiger charge is 2.30. The second-order valence-electron chi connectivity index (χ2n) is 6.17. The topological polar surface area (TPSA) is 82.2 Å². The van der Waals surface area contributed by atoms with Gasteiger partial charge in [-0.25, -0.2) is 0 Å². The molecule has 0 aliphatic carbocycles. The molecule has 1 aromatic carbocycles. The fourth-order valence-electron chi connectivity index (χ4n) is 3.15. The number of nitrogens with zero attached hydrogens (tertiary/aromatic N) is 2. The van der Waals surface area contributed by atoms with Gasteiger partial charge in [0.15, 0.2) is 0 Å². The zero-order valence-corrected chi connectivity index (χ0v) is 13.9. The van der Waals surface area contributed by atoms with E-state index in [9.17, 15) is 4.79 Å². The highest BCUT2D eigenvalue weighted by molar-refractivity contribution is 5.92. The summed E-state index contributed by atoms with van der Waals surface area (Å²) in [6.45, 7) is 5.30. The first-order valence-corrected chi connectivity index (χ1v) is 8.40. The van der Waals surface area contributed by atoms with Crippen LogP contribution in [0.4, 0.5) is 0 Å². The van der Waals surface area contributed by atoms with Crippen LogP contribution in [-0.4, -0.2) is 28.8 Å². The molecule has 6 nitrogen and oxygen atoms in total. The van der Waals surface area contributed by atoms with E-state index in [1.807, 2.05) is 29.1 Å². The smallest absolute Gasteiger partial charge is 0.248 e. The van der Waals surface area contributed by atoms with Crippen LogP contribution < -0.4 is 11.1 Å². The number of ether oxygens (including phenoxy) is 1. The summed E-state index contributed by atoms with van der Waals surface area (Å²) in [6.07, 6.45) is 5.12. The fraction of sp³-hybridized carbons (Fsp3) is 0.444. The molecule has 3 rings (SSSR count). The Morgan fingerprint density at radius 1 is 1.50 bits per heavy atom. The maximum atomic E-state index is 11.2. The van der Waals surface area contributed by atoms with Crippen molar-refractivity contribution >= 4 is 5.91 Å². The Hall–Kier alpha value is -2.18. The van der Waals surface area contributed by atoms with Crippen molar-refractivity contribution in [2.45, 2.75) is 32.5 Å². The number of primary amides is 1. The van der Waals surface area contributed by atoms with Crippen LogP contribution in [0.5, 0.6) is 0 Å². The molecule has 0 radical (unpaired) electrons. The van der Waals surface area contributed by atoms with Crippen LogP contribution >= 0.6 is 0 Å². The predicted molar refractivity (Wildman–Crippen MR) is 91.4 cm³/mol. The Morgan fingerprint density at radius 2 is 2.38 bits per heavy atom. The molecule has 0 bridgehead atoms. The first-order valence-electron chi connectivity index (χ1n) is 8.40. The Balaban J connectivity index is 1.56. The number of benzene rings is 1. The van der Waals surface area contributed by atoms with Crippen molar-refractivity contribution in [1.82, 2.24) is 15.1 Å². The Kier molecular flexibility index (Phi) is 5.27. The minimum absolute atomic E-state index is 0.106. The van der Waals surface area contributed by atoms with Crippen molar-refractivity contribution in [2.75, 3.05) is 13.2 Å². The highest BCUT2D eigenvalue weighted by Crippen LogP contribution is 2.33. The van der Waals surface area contributed by atoms with Gasteiger partial charge in [0.2, 0.25) is 5.91 Å². The zero-order valence-electron chi connectivity index (χ0n) is 13.9. The molecule has 3 N–H and O–H groups in total. The van der Waals surface area contributed by atoms with Crippen molar-refractivity contribution in [3.63, 3.8) is 0 Å². The number of hydrogen-bond donors (Lipinski definition) is 2. The number of aryl methyl sites for hydroxylation is 1. The molecular weight excluding hydrogens is 304 g/mol. The van der Waals surface area contributed by atoms with E-state index >= 15 is 0 Å². The second kappa shape index (κ2) is 7.59. The first kappa shape index (κ1) is 16.7. The first-order chi connectivity index (χ1) is 11.7. The van der Waals surface area contributed by atoms with Gasteiger partial charge in [0, 0.05) is 49.5 Å². The van der Waals surface area contributed by atoms with Crippen LogP contribution in [0.15, 0.2) is 36.7 Å². The van der Waals surface area contributed by atoms with Crippen molar-refractivity contribution in [3.05, 3.63) is 53.3 Å². The third kappa shape index (κ3) is 3.83. The summed E-state index contributed by atoms with van der Waals surface area (Å²) in [5.74, 6) is 0.0351. The molecule has 1 aromatic heterocycles. The van der Waals surface area contributed by atoms with E-state index in [1.54, 1.807) is 6.07 Å². The van der Waals surface area contributed by atoms with Gasteiger partial charge < -0.3 is 15.8 Å². The van der Waals surface area contributed by atoms with E-state index in [0.717, 1.165) is 37.2 Å². The second-order valence-corrected chi connectivity index (χ2v) is 6.17. The molecule has 24 heavy (non-hydrogen) atoms. The molecular formula is C18H24N4O2. The van der Waals surface area contributed by atoms with E-state index < -0.39 is 5.91 Å². The Bertz CT molecular complexity index is 698. The number of amides is 1. The van der Waals surface area contributed by atoms with Gasteiger partial charge in [-0.05, 0) is 31.0 Å². The quantitative estimate of drug-likeness (QED) is 0.813. The maximum absolute atomic E-state index is 11.2. The summed E-state index contributed by atoms with van der Waals surface area (Å²) in [5.41, 5.74) is 8.07. The van der Waals surface area contributed by atoms with Gasteiger partial charge in [-0.1, -0.05) is 12.1 Å². The molecule has 1 saturated heterocycles. The van der Waals surface area contributed by atoms with Crippen LogP contribution in [0.3, 0.4) is 0 Å². The van der Waals surface area contributed by atoms with E-state index in [-0.39, 0.29) is 6.10 Å². The minimum atomic E-state index is -0.394. The summed E-state index contributed by atoms with van der Waals surface area (Å²) in [6, 6.07) is 7.42. The summed E-state index contributed by atoms with van der Waals surface area (Å²) < 4.78 is 7.84. The van der Waals surface area contributed by atoms with E-state index in [0.29, 0.717) is 18.0 Å². The molecule has 0 spiro atoms. The molecule has 1 amide bonds. The van der Waals surface area contributed by atoms with E-state index in [4.69, 9.17) is 10.5 Å². The SMILES string of the molecule is CCn1cc([C@H]2OCC[C@@H]2CNCc2cccc(C(N)=O)c2)cn1. The van der Waals surface area contributed by atoms with Gasteiger partial charge in [0.1, 0.15) is 0 Å². The van der Waals surface area contributed by atoms with Gasteiger partial charge in [0.05, 0.1) is 12.3 Å². The van der Waals surface area contributed by atoms with Gasteiger partial charge in [0.25, 0.3) is 0 Å².